The summed E-state index contributed by atoms with van der Waals surface area (Å²) in [6, 6.07) is 9.08. The molecule has 5 nitrogen and oxygen atoms in total. The highest BCUT2D eigenvalue weighted by atomic mass is 16.5. The zero-order valence-electron chi connectivity index (χ0n) is 16.1. The lowest BCUT2D eigenvalue weighted by Gasteiger charge is -2.22. The molecule has 1 aliphatic heterocycles. The van der Waals surface area contributed by atoms with Crippen molar-refractivity contribution in [3.63, 3.8) is 0 Å². The number of anilines is 1. The van der Waals surface area contributed by atoms with E-state index in [1.165, 1.54) is 37.2 Å². The van der Waals surface area contributed by atoms with Crippen LogP contribution >= 0.6 is 0 Å². The number of nitrogens with zero attached hydrogens (tertiary/aromatic N) is 2. The third-order valence-electron chi connectivity index (χ3n) is 4.63. The maximum absolute atomic E-state index is 5.36. The van der Waals surface area contributed by atoms with Crippen molar-refractivity contribution in [2.45, 2.75) is 45.6 Å². The number of hydrogen-bond acceptors (Lipinski definition) is 3. The van der Waals surface area contributed by atoms with Crippen molar-refractivity contribution < 1.29 is 4.74 Å². The Morgan fingerprint density at radius 3 is 2.80 bits per heavy atom. The van der Waals surface area contributed by atoms with Gasteiger partial charge in [0.2, 0.25) is 0 Å². The standard InChI is InChI=1S/C20H34N4O/c1-4-25-15-8-5-12-22-20(21-3)23-17(2)18-10-9-11-19(16-18)24-13-6-7-14-24/h9-11,16-17H,4-8,12-15H2,1-3H3,(H2,21,22,23). The van der Waals surface area contributed by atoms with Crippen LogP contribution in [0.2, 0.25) is 0 Å². The molecule has 0 radical (unpaired) electrons. The van der Waals surface area contributed by atoms with Crippen molar-refractivity contribution in [3.8, 4) is 0 Å². The molecule has 140 valence electrons. The molecule has 1 saturated heterocycles. The van der Waals surface area contributed by atoms with Gasteiger partial charge in [0.05, 0.1) is 6.04 Å². The highest BCUT2D eigenvalue weighted by molar-refractivity contribution is 5.80. The van der Waals surface area contributed by atoms with Crippen molar-refractivity contribution in [2.24, 2.45) is 4.99 Å². The topological polar surface area (TPSA) is 48.9 Å². The van der Waals surface area contributed by atoms with Gasteiger partial charge in [-0.15, -0.1) is 0 Å². The Morgan fingerprint density at radius 1 is 1.28 bits per heavy atom. The molecule has 25 heavy (non-hydrogen) atoms. The number of nitrogens with one attached hydrogen (secondary N) is 2. The van der Waals surface area contributed by atoms with Gasteiger partial charge in [0, 0.05) is 45.6 Å². The minimum absolute atomic E-state index is 0.220. The summed E-state index contributed by atoms with van der Waals surface area (Å²) in [4.78, 5) is 6.81. The fourth-order valence-corrected chi connectivity index (χ4v) is 3.13. The summed E-state index contributed by atoms with van der Waals surface area (Å²) in [5.41, 5.74) is 2.63. The largest absolute Gasteiger partial charge is 0.382 e. The SMILES string of the molecule is CCOCCCCNC(=NC)NC(C)c1cccc(N2CCCC2)c1. The average Bonchev–Trinajstić information content (AvgIpc) is 3.18. The van der Waals surface area contributed by atoms with Crippen LogP contribution in [-0.2, 0) is 4.74 Å². The first kappa shape index (κ1) is 19.6. The second kappa shape index (κ2) is 11.0. The lowest BCUT2D eigenvalue weighted by Crippen LogP contribution is -2.39. The molecule has 0 amide bonds. The third-order valence-corrected chi connectivity index (χ3v) is 4.63. The highest BCUT2D eigenvalue weighted by Crippen LogP contribution is 2.23. The van der Waals surface area contributed by atoms with Crippen LogP contribution in [-0.4, -0.2) is 45.9 Å². The first-order valence-electron chi connectivity index (χ1n) is 9.64. The van der Waals surface area contributed by atoms with E-state index in [4.69, 9.17) is 4.74 Å². The fraction of sp³-hybridized carbons (Fsp3) is 0.650. The Kier molecular flexibility index (Phi) is 8.60. The summed E-state index contributed by atoms with van der Waals surface area (Å²) in [7, 11) is 1.82. The van der Waals surface area contributed by atoms with Crippen LogP contribution in [0.15, 0.2) is 29.3 Å². The molecular formula is C20H34N4O. The number of hydrogen-bond donors (Lipinski definition) is 2. The summed E-state index contributed by atoms with van der Waals surface area (Å²) < 4.78 is 5.36. The van der Waals surface area contributed by atoms with E-state index >= 15 is 0 Å². The molecule has 1 heterocycles. The van der Waals surface area contributed by atoms with Crippen molar-refractivity contribution in [2.75, 3.05) is 44.8 Å². The molecule has 1 fully saturated rings. The van der Waals surface area contributed by atoms with Gasteiger partial charge in [-0.25, -0.2) is 0 Å². The molecule has 0 aromatic heterocycles. The van der Waals surface area contributed by atoms with Gasteiger partial charge in [0.15, 0.2) is 5.96 Å². The lowest BCUT2D eigenvalue weighted by atomic mass is 10.1. The Hall–Kier alpha value is -1.75. The van der Waals surface area contributed by atoms with Gasteiger partial charge in [-0.2, -0.15) is 0 Å². The molecule has 2 N–H and O–H groups in total. The van der Waals surface area contributed by atoms with Crippen molar-refractivity contribution in [1.82, 2.24) is 10.6 Å². The summed E-state index contributed by atoms with van der Waals surface area (Å²) in [6.45, 7) is 9.11. The van der Waals surface area contributed by atoms with Crippen LogP contribution in [0.5, 0.6) is 0 Å². The van der Waals surface area contributed by atoms with Gasteiger partial charge in [-0.3, -0.25) is 4.99 Å². The minimum Gasteiger partial charge on any atom is -0.382 e. The van der Waals surface area contributed by atoms with E-state index in [2.05, 4.69) is 51.7 Å². The Morgan fingerprint density at radius 2 is 2.08 bits per heavy atom. The number of unbranched alkanes of at least 4 members (excludes halogenated alkanes) is 1. The second-order valence-electron chi connectivity index (χ2n) is 6.56. The zero-order valence-corrected chi connectivity index (χ0v) is 16.1. The number of benzene rings is 1. The quantitative estimate of drug-likeness (QED) is 0.409. The number of ether oxygens (including phenoxy) is 1. The molecule has 2 rings (SSSR count). The smallest absolute Gasteiger partial charge is 0.191 e. The molecule has 0 bridgehead atoms. The molecule has 1 atom stereocenters. The van der Waals surface area contributed by atoms with Crippen LogP contribution in [0, 0.1) is 0 Å². The van der Waals surface area contributed by atoms with Gasteiger partial charge in [-0.05, 0) is 57.2 Å². The predicted octanol–water partition coefficient (Wildman–Crippen LogP) is 3.33. The number of guanidine groups is 1. The molecule has 1 aromatic carbocycles. The fourth-order valence-electron chi connectivity index (χ4n) is 3.13. The minimum atomic E-state index is 0.220. The maximum atomic E-state index is 5.36. The molecule has 1 aliphatic rings. The normalized spacial score (nSPS) is 16.1. The van der Waals surface area contributed by atoms with Gasteiger partial charge in [-0.1, -0.05) is 12.1 Å². The third kappa shape index (κ3) is 6.58. The van der Waals surface area contributed by atoms with E-state index in [0.29, 0.717) is 0 Å². The first-order chi connectivity index (χ1) is 12.2. The lowest BCUT2D eigenvalue weighted by molar-refractivity contribution is 0.143. The van der Waals surface area contributed by atoms with Crippen molar-refractivity contribution in [1.29, 1.82) is 0 Å². The highest BCUT2D eigenvalue weighted by Gasteiger charge is 2.14. The predicted molar refractivity (Wildman–Crippen MR) is 107 cm³/mol. The molecule has 1 aromatic rings. The molecule has 0 saturated carbocycles. The molecule has 1 unspecified atom stereocenters. The maximum Gasteiger partial charge on any atom is 0.191 e. The van der Waals surface area contributed by atoms with Gasteiger partial charge >= 0.3 is 0 Å². The molecular weight excluding hydrogens is 312 g/mol. The van der Waals surface area contributed by atoms with E-state index in [1.807, 2.05) is 14.0 Å². The molecule has 0 aliphatic carbocycles. The van der Waals surface area contributed by atoms with Crippen LogP contribution in [0.25, 0.3) is 0 Å². The number of rotatable bonds is 9. The Bertz CT molecular complexity index is 526. The first-order valence-corrected chi connectivity index (χ1v) is 9.64. The summed E-state index contributed by atoms with van der Waals surface area (Å²) >= 11 is 0. The summed E-state index contributed by atoms with van der Waals surface area (Å²) in [5, 5.41) is 6.88. The van der Waals surface area contributed by atoms with E-state index in [1.54, 1.807) is 0 Å². The van der Waals surface area contributed by atoms with Crippen molar-refractivity contribution in [3.05, 3.63) is 29.8 Å². The van der Waals surface area contributed by atoms with Gasteiger partial charge in [0.1, 0.15) is 0 Å². The molecule has 0 spiro atoms. The van der Waals surface area contributed by atoms with E-state index < -0.39 is 0 Å². The summed E-state index contributed by atoms with van der Waals surface area (Å²) in [5.74, 6) is 0.857. The van der Waals surface area contributed by atoms with Crippen LogP contribution in [0.1, 0.15) is 51.1 Å². The van der Waals surface area contributed by atoms with E-state index in [0.717, 1.165) is 38.6 Å². The summed E-state index contributed by atoms with van der Waals surface area (Å²) in [6.07, 6.45) is 4.76. The van der Waals surface area contributed by atoms with Gasteiger partial charge in [0.25, 0.3) is 0 Å². The van der Waals surface area contributed by atoms with E-state index in [-0.39, 0.29) is 6.04 Å². The van der Waals surface area contributed by atoms with Gasteiger partial charge < -0.3 is 20.3 Å². The van der Waals surface area contributed by atoms with Crippen LogP contribution < -0.4 is 15.5 Å². The Balaban J connectivity index is 1.80. The zero-order chi connectivity index (χ0) is 17.9. The van der Waals surface area contributed by atoms with Crippen LogP contribution in [0.3, 0.4) is 0 Å². The Labute approximate surface area is 152 Å². The van der Waals surface area contributed by atoms with Crippen molar-refractivity contribution >= 4 is 11.6 Å². The average molecular weight is 347 g/mol. The van der Waals surface area contributed by atoms with Crippen LogP contribution in [0.4, 0.5) is 5.69 Å². The monoisotopic (exact) mass is 346 g/mol. The van der Waals surface area contributed by atoms with E-state index in [9.17, 15) is 0 Å². The number of aliphatic imine (C=N–C) groups is 1. The molecule has 5 heteroatoms. The second-order valence-corrected chi connectivity index (χ2v) is 6.56.